The molecule has 9 aromatic rings. The maximum absolute atomic E-state index is 2.37. The Bertz CT molecular complexity index is 2500. The molecule has 0 aliphatic carbocycles. The molecule has 2 heteroatoms. The second kappa shape index (κ2) is 11.0. The van der Waals surface area contributed by atoms with E-state index < -0.39 is 0 Å². The van der Waals surface area contributed by atoms with Crippen LogP contribution < -0.4 is 4.90 Å². The summed E-state index contributed by atoms with van der Waals surface area (Å²) >= 11 is 1.87. The van der Waals surface area contributed by atoms with Crippen molar-refractivity contribution in [1.82, 2.24) is 0 Å². The Hall–Kier alpha value is -5.70. The highest BCUT2D eigenvalue weighted by molar-refractivity contribution is 7.26. The van der Waals surface area contributed by atoms with Gasteiger partial charge in [-0.05, 0) is 92.3 Å². The lowest BCUT2D eigenvalue weighted by Crippen LogP contribution is -2.09. The average molecular weight is 604 g/mol. The zero-order valence-corrected chi connectivity index (χ0v) is 25.9. The maximum atomic E-state index is 2.37. The summed E-state index contributed by atoms with van der Waals surface area (Å²) in [6.45, 7) is 0. The molecule has 0 amide bonds. The molecule has 0 aliphatic heterocycles. The Morgan fingerprint density at radius 3 is 1.78 bits per heavy atom. The summed E-state index contributed by atoms with van der Waals surface area (Å²) in [5.41, 5.74) is 8.28. The zero-order valence-electron chi connectivity index (χ0n) is 25.1. The second-order valence-corrected chi connectivity index (χ2v) is 12.8. The molecule has 0 saturated carbocycles. The number of anilines is 3. The van der Waals surface area contributed by atoms with Gasteiger partial charge in [0.05, 0.1) is 0 Å². The predicted molar refractivity (Wildman–Crippen MR) is 200 cm³/mol. The van der Waals surface area contributed by atoms with Crippen LogP contribution in [0, 0.1) is 0 Å². The third-order valence-corrected chi connectivity index (χ3v) is 10.2. The molecule has 9 rings (SSSR count). The third kappa shape index (κ3) is 4.54. The minimum atomic E-state index is 1.12. The van der Waals surface area contributed by atoms with Crippen LogP contribution in [0.4, 0.5) is 17.1 Å². The first-order valence-corrected chi connectivity index (χ1v) is 16.5. The number of hydrogen-bond donors (Lipinski definition) is 0. The lowest BCUT2D eigenvalue weighted by molar-refractivity contribution is 1.29. The molecule has 216 valence electrons. The first-order chi connectivity index (χ1) is 22.8. The molecule has 0 unspecified atom stereocenters. The lowest BCUT2D eigenvalue weighted by atomic mass is 9.98. The third-order valence-electron chi connectivity index (χ3n) is 9.06. The molecular formula is C44H29NS. The number of nitrogens with zero attached hydrogens (tertiary/aromatic N) is 1. The molecular weight excluding hydrogens is 575 g/mol. The van der Waals surface area contributed by atoms with E-state index in [0.29, 0.717) is 0 Å². The van der Waals surface area contributed by atoms with Crippen molar-refractivity contribution >= 4 is 70.1 Å². The molecule has 46 heavy (non-hydrogen) atoms. The van der Waals surface area contributed by atoms with Crippen LogP contribution in [0.2, 0.25) is 0 Å². The molecule has 0 aliphatic rings. The van der Waals surface area contributed by atoms with Crippen LogP contribution in [0.3, 0.4) is 0 Å². The summed E-state index contributed by atoms with van der Waals surface area (Å²) < 4.78 is 2.67. The molecule has 0 spiro atoms. The quantitative estimate of drug-likeness (QED) is 0.189. The Morgan fingerprint density at radius 2 is 0.978 bits per heavy atom. The van der Waals surface area contributed by atoms with Crippen molar-refractivity contribution in [3.63, 3.8) is 0 Å². The predicted octanol–water partition coefficient (Wildman–Crippen LogP) is 13.2. The van der Waals surface area contributed by atoms with E-state index in [1.54, 1.807) is 0 Å². The molecule has 0 N–H and O–H groups in total. The van der Waals surface area contributed by atoms with Gasteiger partial charge in [-0.2, -0.15) is 0 Å². The highest BCUT2D eigenvalue weighted by Crippen LogP contribution is 2.42. The number of fused-ring (bicyclic) bond motifs is 6. The zero-order chi connectivity index (χ0) is 30.5. The topological polar surface area (TPSA) is 3.24 Å². The first-order valence-electron chi connectivity index (χ1n) is 15.7. The fraction of sp³-hybridized carbons (Fsp3) is 0. The van der Waals surface area contributed by atoms with Crippen LogP contribution in [0.1, 0.15) is 0 Å². The van der Waals surface area contributed by atoms with Crippen LogP contribution in [-0.2, 0) is 0 Å². The van der Waals surface area contributed by atoms with E-state index in [-0.39, 0.29) is 0 Å². The van der Waals surface area contributed by atoms with Gasteiger partial charge >= 0.3 is 0 Å². The van der Waals surface area contributed by atoms with E-state index in [1.807, 2.05) is 11.3 Å². The summed E-state index contributed by atoms with van der Waals surface area (Å²) in [4.78, 5) is 2.37. The van der Waals surface area contributed by atoms with Crippen molar-refractivity contribution in [3.05, 3.63) is 176 Å². The molecule has 0 saturated heterocycles. The standard InChI is InChI=1S/C44H29NS/c1-2-9-30(10-3-1)31-17-22-35(23-18-31)45(36-24-19-33(20-25-36)39-15-8-12-32-11-4-5-13-38(32)39)37-26-27-40-34(29-37)21-28-43-44(40)41-14-6-7-16-42(41)46-43/h1-29H. The van der Waals surface area contributed by atoms with Gasteiger partial charge in [0.2, 0.25) is 0 Å². The van der Waals surface area contributed by atoms with Gasteiger partial charge in [-0.25, -0.2) is 0 Å². The Kier molecular flexibility index (Phi) is 6.40. The minimum Gasteiger partial charge on any atom is -0.310 e. The van der Waals surface area contributed by atoms with E-state index in [9.17, 15) is 0 Å². The van der Waals surface area contributed by atoms with Crippen LogP contribution in [0.25, 0.3) is 64.0 Å². The Labute approximate surface area is 272 Å². The molecule has 0 fully saturated rings. The summed E-state index contributed by atoms with van der Waals surface area (Å²) in [5.74, 6) is 0. The van der Waals surface area contributed by atoms with E-state index >= 15 is 0 Å². The molecule has 0 atom stereocenters. The van der Waals surface area contributed by atoms with Crippen LogP contribution >= 0.6 is 11.3 Å². The second-order valence-electron chi connectivity index (χ2n) is 11.8. The number of hydrogen-bond acceptors (Lipinski definition) is 2. The van der Waals surface area contributed by atoms with Gasteiger partial charge in [-0.3, -0.25) is 0 Å². The summed E-state index contributed by atoms with van der Waals surface area (Å²) in [7, 11) is 0. The minimum absolute atomic E-state index is 1.12. The SMILES string of the molecule is c1ccc(-c2ccc(N(c3ccc(-c4cccc5ccccc45)cc3)c3ccc4c(ccc5sc6ccccc6c54)c3)cc2)cc1. The van der Waals surface area contributed by atoms with E-state index in [1.165, 1.54) is 64.0 Å². The molecule has 8 aromatic carbocycles. The number of benzene rings is 8. The highest BCUT2D eigenvalue weighted by Gasteiger charge is 2.16. The van der Waals surface area contributed by atoms with Gasteiger partial charge in [-0.1, -0.05) is 127 Å². The fourth-order valence-electron chi connectivity index (χ4n) is 6.83. The van der Waals surface area contributed by atoms with Gasteiger partial charge in [0.25, 0.3) is 0 Å². The van der Waals surface area contributed by atoms with Crippen LogP contribution in [-0.4, -0.2) is 0 Å². The molecule has 1 nitrogen and oxygen atoms in total. The van der Waals surface area contributed by atoms with Gasteiger partial charge in [0.1, 0.15) is 0 Å². The van der Waals surface area contributed by atoms with Gasteiger partial charge in [0.15, 0.2) is 0 Å². The molecule has 0 bridgehead atoms. The fourth-order valence-corrected chi connectivity index (χ4v) is 7.95. The molecule has 1 heterocycles. The number of rotatable bonds is 5. The smallest absolute Gasteiger partial charge is 0.0468 e. The summed E-state index contributed by atoms with van der Waals surface area (Å²) in [6, 6.07) is 63.9. The highest BCUT2D eigenvalue weighted by atomic mass is 32.1. The largest absolute Gasteiger partial charge is 0.310 e. The van der Waals surface area contributed by atoms with E-state index in [2.05, 4.69) is 181 Å². The number of thiophene rings is 1. The van der Waals surface area contributed by atoms with Crippen molar-refractivity contribution in [2.24, 2.45) is 0 Å². The van der Waals surface area contributed by atoms with Gasteiger partial charge < -0.3 is 4.90 Å². The molecule has 1 aromatic heterocycles. The van der Waals surface area contributed by atoms with Crippen molar-refractivity contribution in [1.29, 1.82) is 0 Å². The van der Waals surface area contributed by atoms with E-state index in [4.69, 9.17) is 0 Å². The lowest BCUT2D eigenvalue weighted by Gasteiger charge is -2.26. The van der Waals surface area contributed by atoms with Crippen molar-refractivity contribution < 1.29 is 0 Å². The summed E-state index contributed by atoms with van der Waals surface area (Å²) in [5, 5.41) is 7.75. The van der Waals surface area contributed by atoms with Gasteiger partial charge in [0, 0.05) is 37.2 Å². The maximum Gasteiger partial charge on any atom is 0.0468 e. The average Bonchev–Trinajstić information content (AvgIpc) is 3.52. The Morgan fingerprint density at radius 1 is 0.348 bits per heavy atom. The normalized spacial score (nSPS) is 11.5. The monoisotopic (exact) mass is 603 g/mol. The van der Waals surface area contributed by atoms with Crippen LogP contribution in [0.15, 0.2) is 176 Å². The van der Waals surface area contributed by atoms with Crippen molar-refractivity contribution in [3.8, 4) is 22.3 Å². The molecule has 0 radical (unpaired) electrons. The first kappa shape index (κ1) is 26.7. The van der Waals surface area contributed by atoms with Gasteiger partial charge in [-0.15, -0.1) is 11.3 Å². The van der Waals surface area contributed by atoms with Crippen molar-refractivity contribution in [2.75, 3.05) is 4.90 Å². The van der Waals surface area contributed by atoms with E-state index in [0.717, 1.165) is 17.1 Å². The van der Waals surface area contributed by atoms with Crippen LogP contribution in [0.5, 0.6) is 0 Å². The Balaban J connectivity index is 1.18. The van der Waals surface area contributed by atoms with Crippen molar-refractivity contribution in [2.45, 2.75) is 0 Å². The summed E-state index contributed by atoms with van der Waals surface area (Å²) in [6.07, 6.45) is 0.